The van der Waals surface area contributed by atoms with Crippen LogP contribution in [0, 0.1) is 12.8 Å². The number of para-hydroxylation sites is 1. The lowest BCUT2D eigenvalue weighted by atomic mass is 9.96. The summed E-state index contributed by atoms with van der Waals surface area (Å²) in [6.07, 6.45) is 1.54. The highest BCUT2D eigenvalue weighted by molar-refractivity contribution is 9.08. The number of alkyl halides is 1. The van der Waals surface area contributed by atoms with Gasteiger partial charge < -0.3 is 15.4 Å². The Morgan fingerprint density at radius 3 is 2.17 bits per heavy atom. The van der Waals surface area contributed by atoms with Crippen molar-refractivity contribution in [3.05, 3.63) is 88.1 Å². The van der Waals surface area contributed by atoms with E-state index in [0.29, 0.717) is 13.1 Å². The lowest BCUT2D eigenvalue weighted by molar-refractivity contribution is -0.650. The number of ether oxygens (including phenoxy) is 1. The van der Waals surface area contributed by atoms with Gasteiger partial charge in [0.15, 0.2) is 12.1 Å². The van der Waals surface area contributed by atoms with Gasteiger partial charge in [0.2, 0.25) is 5.78 Å². The summed E-state index contributed by atoms with van der Waals surface area (Å²) in [6.45, 7) is 7.13. The van der Waals surface area contributed by atoms with E-state index in [1.807, 2.05) is 90.2 Å². The molecular weight excluding hydrogens is 536 g/mol. The lowest BCUT2D eigenvalue weighted by Gasteiger charge is -2.27. The molecule has 2 atom stereocenters. The van der Waals surface area contributed by atoms with Crippen LogP contribution in [0.5, 0.6) is 0 Å². The fraction of sp³-hybridized carbons (Fsp3) is 0.379. The number of aryl methyl sites for hydroxylation is 1. The average Bonchev–Trinajstić information content (AvgIpc) is 3.36. The van der Waals surface area contributed by atoms with Crippen molar-refractivity contribution in [3.63, 3.8) is 0 Å². The molecule has 0 saturated carbocycles. The van der Waals surface area contributed by atoms with Crippen molar-refractivity contribution in [3.8, 4) is 0 Å². The van der Waals surface area contributed by atoms with Gasteiger partial charge in [-0.25, -0.2) is 4.79 Å². The van der Waals surface area contributed by atoms with Gasteiger partial charge in [-0.15, -0.1) is 11.3 Å². The van der Waals surface area contributed by atoms with Crippen LogP contribution < -0.4 is 10.6 Å². The number of ketones is 1. The predicted molar refractivity (Wildman–Crippen MR) is 153 cm³/mol. The average molecular weight is 575 g/mol. The molecule has 2 aromatic carbocycles. The van der Waals surface area contributed by atoms with E-state index in [1.165, 1.54) is 11.3 Å². The van der Waals surface area contributed by atoms with E-state index in [0.717, 1.165) is 34.5 Å². The Kier molecular flexibility index (Phi) is 13.5. The molecule has 0 aliphatic carbocycles. The third-order valence-corrected chi connectivity index (χ3v) is 7.12. The summed E-state index contributed by atoms with van der Waals surface area (Å²) in [7, 11) is 0. The number of carbonyl (C=O) groups excluding carboxylic acids is 2. The number of carbonyl (C=O) groups is 2. The molecule has 5 nitrogen and oxygen atoms in total. The third kappa shape index (κ3) is 9.19. The standard InChI is InChI=1S/C28H34N2O3S.CH3Br/c1-4-21(5-2)25(18-29-17-24(31)26-16-20(3)19-34-26)33-28(32)27(22-12-8-6-9-13-22)30-23-14-10-7-11-15-23;1-2/h6-16,19,21,25,27,29-30H,4-5,17-18H2,1-3H3;1H3/p+1/t25-,27?;/m0./s1. The highest BCUT2D eigenvalue weighted by atomic mass is 79.9. The highest BCUT2D eigenvalue weighted by Crippen LogP contribution is 2.24. The van der Waals surface area contributed by atoms with Gasteiger partial charge in [0.1, 0.15) is 13.1 Å². The maximum Gasteiger partial charge on any atom is 0.333 e. The Morgan fingerprint density at radius 2 is 1.61 bits per heavy atom. The first kappa shape index (κ1) is 29.7. The molecule has 0 saturated heterocycles. The summed E-state index contributed by atoms with van der Waals surface area (Å²) in [5, 5.41) is 7.30. The van der Waals surface area contributed by atoms with Gasteiger partial charge in [-0.2, -0.15) is 0 Å². The first-order valence-electron chi connectivity index (χ1n) is 12.4. The molecule has 1 aromatic heterocycles. The van der Waals surface area contributed by atoms with Crippen LogP contribution in [0.25, 0.3) is 0 Å². The number of quaternary nitrogens is 1. The number of esters is 1. The van der Waals surface area contributed by atoms with Crippen LogP contribution in [0.1, 0.15) is 53.5 Å². The molecule has 194 valence electrons. The van der Waals surface area contributed by atoms with Gasteiger partial charge in [0.25, 0.3) is 0 Å². The minimum absolute atomic E-state index is 0.112. The second kappa shape index (κ2) is 16.3. The van der Waals surface area contributed by atoms with Gasteiger partial charge >= 0.3 is 5.97 Å². The SMILES string of the molecule is CBr.CCC(CC)[C@H](C[NH2+]CC(=O)c1cc(C)cs1)OC(=O)C(Nc1ccccc1)c1ccccc1. The number of rotatable bonds is 13. The minimum atomic E-state index is -0.615. The van der Waals surface area contributed by atoms with Crippen molar-refractivity contribution in [1.82, 2.24) is 0 Å². The van der Waals surface area contributed by atoms with Crippen molar-refractivity contribution < 1.29 is 19.6 Å². The molecule has 3 aromatic rings. The summed E-state index contributed by atoms with van der Waals surface area (Å²) < 4.78 is 6.13. The Balaban J connectivity index is 0.00000222. The van der Waals surface area contributed by atoms with Crippen molar-refractivity contribution in [1.29, 1.82) is 0 Å². The van der Waals surface area contributed by atoms with Crippen LogP contribution in [0.2, 0.25) is 0 Å². The van der Waals surface area contributed by atoms with E-state index >= 15 is 0 Å². The van der Waals surface area contributed by atoms with Gasteiger partial charge in [-0.3, -0.25) is 4.79 Å². The summed E-state index contributed by atoms with van der Waals surface area (Å²) in [5.74, 6) is 1.85. The lowest BCUT2D eigenvalue weighted by Crippen LogP contribution is -2.88. The first-order chi connectivity index (χ1) is 17.5. The fourth-order valence-corrected chi connectivity index (χ4v) is 4.90. The second-order valence-corrected chi connectivity index (χ2v) is 9.46. The molecule has 0 bridgehead atoms. The number of anilines is 1. The Bertz CT molecular complexity index is 1040. The number of nitrogens with two attached hydrogens (primary N) is 1. The van der Waals surface area contributed by atoms with E-state index in [9.17, 15) is 9.59 Å². The van der Waals surface area contributed by atoms with Gasteiger partial charge in [-0.1, -0.05) is 78.3 Å². The highest BCUT2D eigenvalue weighted by Gasteiger charge is 2.30. The quantitative estimate of drug-likeness (QED) is 0.149. The third-order valence-electron chi connectivity index (χ3n) is 6.03. The van der Waals surface area contributed by atoms with E-state index in [2.05, 4.69) is 35.1 Å². The number of benzene rings is 2. The molecule has 0 aliphatic rings. The number of hydrogen-bond acceptors (Lipinski definition) is 5. The van der Waals surface area contributed by atoms with E-state index in [-0.39, 0.29) is 23.8 Å². The summed E-state index contributed by atoms with van der Waals surface area (Å²) in [4.78, 5) is 26.8. The molecule has 3 N–H and O–H groups in total. The number of nitrogens with one attached hydrogen (secondary N) is 1. The zero-order valence-electron chi connectivity index (χ0n) is 21.6. The molecule has 1 heterocycles. The molecular formula is C29H38BrN2O3S+. The smallest absolute Gasteiger partial charge is 0.333 e. The largest absolute Gasteiger partial charge is 0.454 e. The second-order valence-electron chi connectivity index (χ2n) is 8.55. The zero-order valence-corrected chi connectivity index (χ0v) is 24.0. The van der Waals surface area contributed by atoms with Crippen LogP contribution in [-0.4, -0.2) is 36.8 Å². The molecule has 36 heavy (non-hydrogen) atoms. The van der Waals surface area contributed by atoms with Crippen LogP contribution in [0.15, 0.2) is 72.1 Å². The summed E-state index contributed by atoms with van der Waals surface area (Å²) in [6, 6.07) is 20.6. The monoisotopic (exact) mass is 573 g/mol. The topological polar surface area (TPSA) is 72.0 Å². The zero-order chi connectivity index (χ0) is 26.3. The predicted octanol–water partition coefficient (Wildman–Crippen LogP) is 6.02. The molecule has 0 spiro atoms. The molecule has 1 unspecified atom stereocenters. The molecule has 0 radical (unpaired) electrons. The Hall–Kier alpha value is -2.48. The van der Waals surface area contributed by atoms with Crippen LogP contribution >= 0.6 is 27.3 Å². The minimum Gasteiger partial charge on any atom is -0.454 e. The fourth-order valence-electron chi connectivity index (χ4n) is 4.05. The maximum absolute atomic E-state index is 13.5. The van der Waals surface area contributed by atoms with Crippen molar-refractivity contribution in [2.45, 2.75) is 45.8 Å². The molecule has 0 fully saturated rings. The molecule has 0 amide bonds. The van der Waals surface area contributed by atoms with E-state index in [4.69, 9.17) is 4.74 Å². The number of halogens is 1. The number of hydrogen-bond donors (Lipinski definition) is 2. The van der Waals surface area contributed by atoms with Crippen molar-refractivity contribution in [2.75, 3.05) is 24.2 Å². The van der Waals surface area contributed by atoms with Crippen molar-refractivity contribution in [2.24, 2.45) is 5.92 Å². The number of thiophene rings is 1. The Labute approximate surface area is 227 Å². The maximum atomic E-state index is 13.5. The van der Waals surface area contributed by atoms with Gasteiger partial charge in [0.05, 0.1) is 4.88 Å². The normalized spacial score (nSPS) is 12.3. The first-order valence-corrected chi connectivity index (χ1v) is 14.8. The summed E-state index contributed by atoms with van der Waals surface area (Å²) in [5.41, 5.74) is 2.82. The van der Waals surface area contributed by atoms with Crippen LogP contribution in [0.4, 0.5) is 5.69 Å². The van der Waals surface area contributed by atoms with Crippen LogP contribution in [0.3, 0.4) is 0 Å². The van der Waals surface area contributed by atoms with Crippen molar-refractivity contribution >= 4 is 44.7 Å². The van der Waals surface area contributed by atoms with E-state index in [1.54, 1.807) is 0 Å². The molecule has 7 heteroatoms. The van der Waals surface area contributed by atoms with E-state index < -0.39 is 6.04 Å². The molecule has 3 rings (SSSR count). The summed E-state index contributed by atoms with van der Waals surface area (Å²) >= 11 is 4.42. The Morgan fingerprint density at radius 1 is 1.00 bits per heavy atom. The van der Waals surface area contributed by atoms with Gasteiger partial charge in [-0.05, 0) is 60.3 Å². The number of Topliss-reactive ketones (excluding diaryl/α,β-unsaturated/α-hetero) is 1. The van der Waals surface area contributed by atoms with Gasteiger partial charge in [0, 0.05) is 11.6 Å². The van der Waals surface area contributed by atoms with Crippen LogP contribution in [-0.2, 0) is 9.53 Å². The molecule has 0 aliphatic heterocycles.